The number of hydrogen-bond acceptors (Lipinski definition) is 3. The van der Waals surface area contributed by atoms with Crippen molar-refractivity contribution in [3.63, 3.8) is 0 Å². The topological polar surface area (TPSA) is 50.1 Å². The Morgan fingerprint density at radius 1 is 0.921 bits per heavy atom. The highest BCUT2D eigenvalue weighted by Gasteiger charge is 2.35. The number of esters is 1. The summed E-state index contributed by atoms with van der Waals surface area (Å²) in [6, 6.07) is 19.3. The number of nitriles is 1. The van der Waals surface area contributed by atoms with E-state index in [4.69, 9.17) is 4.74 Å². The zero-order valence-electron chi connectivity index (χ0n) is 24.3. The highest BCUT2D eigenvalue weighted by atomic mass is 16.5. The molecule has 0 N–H and O–H groups in total. The molecule has 1 aliphatic rings. The number of rotatable bonds is 14. The van der Waals surface area contributed by atoms with Gasteiger partial charge < -0.3 is 4.74 Å². The molecule has 3 heteroatoms. The van der Waals surface area contributed by atoms with Gasteiger partial charge in [0, 0.05) is 0 Å². The van der Waals surface area contributed by atoms with Gasteiger partial charge in [0.2, 0.25) is 0 Å². The van der Waals surface area contributed by atoms with Crippen molar-refractivity contribution < 1.29 is 9.53 Å². The molecule has 0 aliphatic heterocycles. The molecule has 3 nitrogen and oxygen atoms in total. The van der Waals surface area contributed by atoms with Crippen molar-refractivity contribution in [2.45, 2.75) is 111 Å². The van der Waals surface area contributed by atoms with Crippen molar-refractivity contribution in [2.75, 3.05) is 6.61 Å². The van der Waals surface area contributed by atoms with E-state index in [1.165, 1.54) is 44.1 Å². The Balaban J connectivity index is 1.47. The van der Waals surface area contributed by atoms with Crippen LogP contribution in [0.2, 0.25) is 0 Å². The van der Waals surface area contributed by atoms with Crippen LogP contribution in [0, 0.1) is 28.6 Å². The van der Waals surface area contributed by atoms with Crippen molar-refractivity contribution in [3.8, 4) is 17.2 Å². The molecule has 1 atom stereocenters. The molecule has 1 aliphatic carbocycles. The van der Waals surface area contributed by atoms with Gasteiger partial charge in [-0.1, -0.05) is 103 Å². The SMILES string of the molecule is CCCCC[C@]1(C#N)CC[C@H](c2ccc(-c3ccc(C(=O)OCC[C@H](C)CCCC(C)C)cc3)cc2)CC1. The first-order valence-corrected chi connectivity index (χ1v) is 15.1. The molecular formula is C35H49NO2. The maximum Gasteiger partial charge on any atom is 0.338 e. The summed E-state index contributed by atoms with van der Waals surface area (Å²) in [5, 5.41) is 9.84. The van der Waals surface area contributed by atoms with Crippen LogP contribution in [-0.2, 0) is 4.74 Å². The minimum atomic E-state index is -0.235. The fraction of sp³-hybridized carbons (Fsp3) is 0.600. The Bertz CT molecular complexity index is 1010. The summed E-state index contributed by atoms with van der Waals surface area (Å²) < 4.78 is 5.55. The average Bonchev–Trinajstić information content (AvgIpc) is 2.93. The number of nitrogens with zero attached hydrogens (tertiary/aromatic N) is 1. The molecule has 2 aromatic carbocycles. The predicted octanol–water partition coefficient (Wildman–Crippen LogP) is 10.1. The van der Waals surface area contributed by atoms with E-state index in [0.29, 0.717) is 24.0 Å². The van der Waals surface area contributed by atoms with Crippen LogP contribution in [0.25, 0.3) is 11.1 Å². The van der Waals surface area contributed by atoms with Gasteiger partial charge in [0.25, 0.3) is 0 Å². The van der Waals surface area contributed by atoms with Crippen LogP contribution in [0.4, 0.5) is 0 Å². The lowest BCUT2D eigenvalue weighted by molar-refractivity contribution is 0.0483. The molecule has 2 aromatic rings. The first-order valence-electron chi connectivity index (χ1n) is 15.1. The molecule has 0 bridgehead atoms. The quantitative estimate of drug-likeness (QED) is 0.186. The normalized spacial score (nSPS) is 20.2. The Morgan fingerprint density at radius 3 is 2.13 bits per heavy atom. The predicted molar refractivity (Wildman–Crippen MR) is 158 cm³/mol. The third-order valence-corrected chi connectivity index (χ3v) is 8.60. The molecule has 206 valence electrons. The smallest absolute Gasteiger partial charge is 0.338 e. The van der Waals surface area contributed by atoms with Gasteiger partial charge >= 0.3 is 5.97 Å². The van der Waals surface area contributed by atoms with Crippen LogP contribution in [-0.4, -0.2) is 12.6 Å². The van der Waals surface area contributed by atoms with E-state index in [9.17, 15) is 10.1 Å². The van der Waals surface area contributed by atoms with Crippen molar-refractivity contribution in [1.82, 2.24) is 0 Å². The largest absolute Gasteiger partial charge is 0.462 e. The molecule has 1 fully saturated rings. The van der Waals surface area contributed by atoms with Crippen molar-refractivity contribution in [3.05, 3.63) is 59.7 Å². The Morgan fingerprint density at radius 2 is 1.55 bits per heavy atom. The summed E-state index contributed by atoms with van der Waals surface area (Å²) in [5.74, 6) is 1.65. The second-order valence-corrected chi connectivity index (χ2v) is 12.2. The molecule has 38 heavy (non-hydrogen) atoms. The van der Waals surface area contributed by atoms with Gasteiger partial charge in [-0.3, -0.25) is 0 Å². The summed E-state index contributed by atoms with van der Waals surface area (Å²) in [4.78, 5) is 12.5. The summed E-state index contributed by atoms with van der Waals surface area (Å²) in [6.45, 7) is 9.48. The minimum Gasteiger partial charge on any atom is -0.462 e. The zero-order chi connectivity index (χ0) is 27.4. The van der Waals surface area contributed by atoms with E-state index in [2.05, 4.69) is 58.0 Å². The molecule has 0 unspecified atom stereocenters. The summed E-state index contributed by atoms with van der Waals surface area (Å²) >= 11 is 0. The van der Waals surface area contributed by atoms with Crippen molar-refractivity contribution in [2.24, 2.45) is 17.3 Å². The van der Waals surface area contributed by atoms with Crippen LogP contribution in [0.15, 0.2) is 48.5 Å². The fourth-order valence-electron chi connectivity index (χ4n) is 5.84. The number of carbonyl (C=O) groups excluding carboxylic acids is 1. The maximum atomic E-state index is 12.5. The highest BCUT2D eigenvalue weighted by Crippen LogP contribution is 2.45. The lowest BCUT2D eigenvalue weighted by Crippen LogP contribution is -2.25. The minimum absolute atomic E-state index is 0.0970. The van der Waals surface area contributed by atoms with Gasteiger partial charge in [0.05, 0.1) is 23.7 Å². The Hall–Kier alpha value is -2.60. The number of ether oxygens (including phenoxy) is 1. The van der Waals surface area contributed by atoms with E-state index in [1.807, 2.05) is 24.3 Å². The van der Waals surface area contributed by atoms with Gasteiger partial charge in [0.15, 0.2) is 0 Å². The number of benzene rings is 2. The number of unbranched alkanes of at least 4 members (excludes halogenated alkanes) is 2. The first-order chi connectivity index (χ1) is 18.4. The van der Waals surface area contributed by atoms with Crippen LogP contribution >= 0.6 is 0 Å². The maximum absolute atomic E-state index is 12.5. The molecule has 1 saturated carbocycles. The molecule has 3 rings (SSSR count). The second kappa shape index (κ2) is 15.1. The lowest BCUT2D eigenvalue weighted by atomic mass is 9.67. The van der Waals surface area contributed by atoms with E-state index in [1.54, 1.807) is 0 Å². The van der Waals surface area contributed by atoms with E-state index < -0.39 is 0 Å². The van der Waals surface area contributed by atoms with Crippen LogP contribution in [0.5, 0.6) is 0 Å². The van der Waals surface area contributed by atoms with Gasteiger partial charge in [-0.15, -0.1) is 0 Å². The molecule has 0 spiro atoms. The van der Waals surface area contributed by atoms with E-state index >= 15 is 0 Å². The zero-order valence-corrected chi connectivity index (χ0v) is 24.3. The first kappa shape index (κ1) is 29.9. The van der Waals surface area contributed by atoms with Crippen LogP contribution in [0.3, 0.4) is 0 Å². The van der Waals surface area contributed by atoms with Crippen LogP contribution in [0.1, 0.15) is 127 Å². The van der Waals surface area contributed by atoms with Gasteiger partial charge in [0.1, 0.15) is 0 Å². The Kier molecular flexibility index (Phi) is 11.9. The van der Waals surface area contributed by atoms with Crippen molar-refractivity contribution in [1.29, 1.82) is 5.26 Å². The molecule has 0 saturated heterocycles. The second-order valence-electron chi connectivity index (χ2n) is 12.2. The monoisotopic (exact) mass is 515 g/mol. The standard InChI is InChI=1S/C35H49NO2/c1-5-6-7-22-35(26-36)23-19-32(20-24-35)31-13-11-29(12-14-31)30-15-17-33(18-16-30)34(37)38-25-21-28(4)10-8-9-27(2)3/h11-18,27-28,32H,5-10,19-25H2,1-4H3/t28-,32-,35-/m1/s1. The number of carbonyl (C=O) groups is 1. The van der Waals surface area contributed by atoms with Gasteiger partial charge in [-0.05, 0) is 85.1 Å². The molecule has 0 amide bonds. The van der Waals surface area contributed by atoms with Gasteiger partial charge in [-0.25, -0.2) is 4.79 Å². The molecular weight excluding hydrogens is 466 g/mol. The summed E-state index contributed by atoms with van der Waals surface area (Å²) in [7, 11) is 0. The average molecular weight is 516 g/mol. The van der Waals surface area contributed by atoms with Crippen LogP contribution < -0.4 is 0 Å². The molecule has 0 radical (unpaired) electrons. The fourth-order valence-corrected chi connectivity index (χ4v) is 5.84. The summed E-state index contributed by atoms with van der Waals surface area (Å²) in [6.07, 6.45) is 13.6. The number of hydrogen-bond donors (Lipinski definition) is 0. The van der Waals surface area contributed by atoms with E-state index in [0.717, 1.165) is 55.6 Å². The highest BCUT2D eigenvalue weighted by molar-refractivity contribution is 5.90. The van der Waals surface area contributed by atoms with E-state index in [-0.39, 0.29) is 11.4 Å². The Labute approximate surface area is 232 Å². The molecule has 0 aromatic heterocycles. The van der Waals surface area contributed by atoms with Crippen molar-refractivity contribution >= 4 is 5.97 Å². The summed E-state index contributed by atoms with van der Waals surface area (Å²) in [5.41, 5.74) is 4.16. The third kappa shape index (κ3) is 9.00. The third-order valence-electron chi connectivity index (χ3n) is 8.60. The van der Waals surface area contributed by atoms with Gasteiger partial charge in [-0.2, -0.15) is 5.26 Å². The lowest BCUT2D eigenvalue weighted by Gasteiger charge is -2.35. The molecule has 0 heterocycles.